The van der Waals surface area contributed by atoms with Gasteiger partial charge in [0.25, 0.3) is 5.69 Å². The zero-order chi connectivity index (χ0) is 13.1. The number of benzene rings is 1. The monoisotopic (exact) mass is 245 g/mol. The number of carboxylic acids is 1. The van der Waals surface area contributed by atoms with Crippen LogP contribution in [0.4, 0.5) is 5.69 Å². The molecule has 0 aliphatic heterocycles. The van der Waals surface area contributed by atoms with Crippen molar-refractivity contribution in [2.75, 3.05) is 0 Å². The van der Waals surface area contributed by atoms with Crippen molar-refractivity contribution < 1.29 is 14.8 Å². The van der Waals surface area contributed by atoms with Crippen LogP contribution in [0.1, 0.15) is 10.4 Å². The molecule has 7 heteroatoms. The standard InChI is InChI=1S/C11H7N3O4/c15-11(16)9-5-12-6-13-10(9)7-2-1-3-8(4-7)14(17)18/h1-6H,(H,15,16). The van der Waals surface area contributed by atoms with Crippen LogP contribution in [-0.2, 0) is 0 Å². The first-order valence-electron chi connectivity index (χ1n) is 4.87. The molecule has 0 radical (unpaired) electrons. The maximum atomic E-state index is 11.0. The van der Waals surface area contributed by atoms with E-state index in [1.54, 1.807) is 6.07 Å². The van der Waals surface area contributed by atoms with Gasteiger partial charge in [0.15, 0.2) is 0 Å². The van der Waals surface area contributed by atoms with Gasteiger partial charge in [-0.1, -0.05) is 12.1 Å². The van der Waals surface area contributed by atoms with Crippen molar-refractivity contribution in [3.8, 4) is 11.3 Å². The summed E-state index contributed by atoms with van der Waals surface area (Å²) in [6, 6.07) is 5.63. The summed E-state index contributed by atoms with van der Waals surface area (Å²) in [5, 5.41) is 19.7. The summed E-state index contributed by atoms with van der Waals surface area (Å²) in [6.07, 6.45) is 2.35. The highest BCUT2D eigenvalue weighted by Gasteiger charge is 2.15. The van der Waals surface area contributed by atoms with E-state index < -0.39 is 10.9 Å². The third-order valence-electron chi connectivity index (χ3n) is 2.27. The molecule has 90 valence electrons. The summed E-state index contributed by atoms with van der Waals surface area (Å²) in [6.45, 7) is 0. The molecule has 7 nitrogen and oxygen atoms in total. The van der Waals surface area contributed by atoms with Gasteiger partial charge in [-0.15, -0.1) is 0 Å². The second-order valence-electron chi connectivity index (χ2n) is 3.40. The number of hydrogen-bond acceptors (Lipinski definition) is 5. The quantitative estimate of drug-likeness (QED) is 0.652. The molecule has 0 atom stereocenters. The van der Waals surface area contributed by atoms with E-state index in [-0.39, 0.29) is 16.9 Å². The van der Waals surface area contributed by atoms with E-state index in [4.69, 9.17) is 5.11 Å². The van der Waals surface area contributed by atoms with Gasteiger partial charge in [-0.2, -0.15) is 0 Å². The highest BCUT2D eigenvalue weighted by molar-refractivity contribution is 5.94. The molecule has 0 aliphatic rings. The second kappa shape index (κ2) is 4.58. The summed E-state index contributed by atoms with van der Waals surface area (Å²) in [7, 11) is 0. The number of nitro groups is 1. The van der Waals surface area contributed by atoms with Gasteiger partial charge in [-0.25, -0.2) is 14.8 Å². The zero-order valence-electron chi connectivity index (χ0n) is 8.98. The fourth-order valence-electron chi connectivity index (χ4n) is 1.48. The van der Waals surface area contributed by atoms with E-state index in [1.165, 1.54) is 24.5 Å². The van der Waals surface area contributed by atoms with Gasteiger partial charge >= 0.3 is 5.97 Å². The minimum Gasteiger partial charge on any atom is -0.478 e. The molecule has 1 N–H and O–H groups in total. The summed E-state index contributed by atoms with van der Waals surface area (Å²) < 4.78 is 0. The van der Waals surface area contributed by atoms with Crippen LogP contribution in [0, 0.1) is 10.1 Å². The van der Waals surface area contributed by atoms with Crippen LogP contribution in [-0.4, -0.2) is 26.0 Å². The Morgan fingerprint density at radius 1 is 1.39 bits per heavy atom. The Morgan fingerprint density at radius 3 is 2.83 bits per heavy atom. The van der Waals surface area contributed by atoms with Gasteiger partial charge in [-0.05, 0) is 0 Å². The van der Waals surface area contributed by atoms with Gasteiger partial charge in [0.05, 0.1) is 10.6 Å². The van der Waals surface area contributed by atoms with Crippen molar-refractivity contribution in [1.82, 2.24) is 9.97 Å². The Labute approximate surface area is 101 Å². The van der Waals surface area contributed by atoms with Crippen molar-refractivity contribution >= 4 is 11.7 Å². The predicted octanol–water partition coefficient (Wildman–Crippen LogP) is 1.75. The van der Waals surface area contributed by atoms with Crippen molar-refractivity contribution in [3.05, 3.63) is 52.5 Å². The number of non-ortho nitro benzene ring substituents is 1. The van der Waals surface area contributed by atoms with Crippen LogP contribution < -0.4 is 0 Å². The molecular weight excluding hydrogens is 238 g/mol. The number of carboxylic acid groups (broad SMARTS) is 1. The van der Waals surface area contributed by atoms with Crippen LogP contribution in [0.15, 0.2) is 36.8 Å². The molecule has 0 aliphatic carbocycles. The first-order chi connectivity index (χ1) is 8.59. The number of hydrogen-bond donors (Lipinski definition) is 1. The minimum atomic E-state index is -1.18. The molecule has 2 rings (SSSR count). The molecule has 2 aromatic rings. The van der Waals surface area contributed by atoms with Crippen molar-refractivity contribution in [2.24, 2.45) is 0 Å². The molecule has 0 saturated heterocycles. The Morgan fingerprint density at radius 2 is 2.17 bits per heavy atom. The van der Waals surface area contributed by atoms with E-state index in [0.717, 1.165) is 6.20 Å². The maximum Gasteiger partial charge on any atom is 0.339 e. The molecule has 0 saturated carbocycles. The van der Waals surface area contributed by atoms with Crippen molar-refractivity contribution in [1.29, 1.82) is 0 Å². The van der Waals surface area contributed by atoms with Crippen LogP contribution in [0.5, 0.6) is 0 Å². The van der Waals surface area contributed by atoms with E-state index in [9.17, 15) is 14.9 Å². The summed E-state index contributed by atoms with van der Waals surface area (Å²) in [5.74, 6) is -1.18. The number of nitro benzene ring substituents is 1. The minimum absolute atomic E-state index is 0.0991. The van der Waals surface area contributed by atoms with Crippen LogP contribution in [0.2, 0.25) is 0 Å². The first-order valence-corrected chi connectivity index (χ1v) is 4.87. The number of nitrogens with zero attached hydrogens (tertiary/aromatic N) is 3. The fraction of sp³-hybridized carbons (Fsp3) is 0. The highest BCUT2D eigenvalue weighted by atomic mass is 16.6. The normalized spacial score (nSPS) is 10.0. The Balaban J connectivity index is 2.58. The largest absolute Gasteiger partial charge is 0.478 e. The molecule has 0 amide bonds. The number of rotatable bonds is 3. The maximum absolute atomic E-state index is 11.0. The highest BCUT2D eigenvalue weighted by Crippen LogP contribution is 2.24. The zero-order valence-corrected chi connectivity index (χ0v) is 8.98. The van der Waals surface area contributed by atoms with E-state index in [2.05, 4.69) is 9.97 Å². The van der Waals surface area contributed by atoms with Gasteiger partial charge in [0.1, 0.15) is 11.9 Å². The topological polar surface area (TPSA) is 106 Å². The van der Waals surface area contributed by atoms with Gasteiger partial charge in [-0.3, -0.25) is 10.1 Å². The van der Waals surface area contributed by atoms with E-state index in [0.29, 0.717) is 5.56 Å². The van der Waals surface area contributed by atoms with Gasteiger partial charge in [0.2, 0.25) is 0 Å². The molecule has 18 heavy (non-hydrogen) atoms. The van der Waals surface area contributed by atoms with Crippen LogP contribution >= 0.6 is 0 Å². The number of aromatic nitrogens is 2. The van der Waals surface area contributed by atoms with Gasteiger partial charge in [0, 0.05) is 23.9 Å². The summed E-state index contributed by atoms with van der Waals surface area (Å²) in [5.41, 5.74) is 0.297. The van der Waals surface area contributed by atoms with Crippen molar-refractivity contribution in [3.63, 3.8) is 0 Å². The molecule has 1 aromatic carbocycles. The SMILES string of the molecule is O=C(O)c1cncnc1-c1cccc([N+](=O)[O-])c1. The average Bonchev–Trinajstić information content (AvgIpc) is 2.39. The molecule has 0 unspecified atom stereocenters. The summed E-state index contributed by atoms with van der Waals surface area (Å²) in [4.78, 5) is 28.6. The molecule has 1 aromatic heterocycles. The fourth-order valence-corrected chi connectivity index (χ4v) is 1.48. The average molecular weight is 245 g/mol. The third kappa shape index (κ3) is 2.14. The Kier molecular flexibility index (Phi) is 2.96. The summed E-state index contributed by atoms with van der Waals surface area (Å²) >= 11 is 0. The molecule has 0 spiro atoms. The third-order valence-corrected chi connectivity index (χ3v) is 2.27. The Bertz CT molecular complexity index is 627. The number of carbonyl (C=O) groups is 1. The predicted molar refractivity (Wildman–Crippen MR) is 61.1 cm³/mol. The lowest BCUT2D eigenvalue weighted by molar-refractivity contribution is -0.384. The lowest BCUT2D eigenvalue weighted by Crippen LogP contribution is -2.02. The second-order valence-corrected chi connectivity index (χ2v) is 3.40. The van der Waals surface area contributed by atoms with Crippen molar-refractivity contribution in [2.45, 2.75) is 0 Å². The van der Waals surface area contributed by atoms with E-state index >= 15 is 0 Å². The molecular formula is C11H7N3O4. The van der Waals surface area contributed by atoms with Gasteiger partial charge < -0.3 is 5.11 Å². The van der Waals surface area contributed by atoms with Crippen LogP contribution in [0.25, 0.3) is 11.3 Å². The molecule has 1 heterocycles. The van der Waals surface area contributed by atoms with E-state index in [1.807, 2.05) is 0 Å². The smallest absolute Gasteiger partial charge is 0.339 e. The molecule has 0 bridgehead atoms. The lowest BCUT2D eigenvalue weighted by atomic mass is 10.1. The van der Waals surface area contributed by atoms with Crippen LogP contribution in [0.3, 0.4) is 0 Å². The lowest BCUT2D eigenvalue weighted by Gasteiger charge is -2.03. The number of aromatic carboxylic acids is 1. The Hall–Kier alpha value is -2.83. The molecule has 0 fully saturated rings. The first kappa shape index (κ1) is 11.6.